The predicted molar refractivity (Wildman–Crippen MR) is 111 cm³/mol. The fourth-order valence-corrected chi connectivity index (χ4v) is 3.46. The molecule has 1 aliphatic carbocycles. The van der Waals surface area contributed by atoms with Gasteiger partial charge in [0.25, 0.3) is 11.8 Å². The molecule has 3 aromatic rings. The van der Waals surface area contributed by atoms with Crippen molar-refractivity contribution in [2.24, 2.45) is 5.73 Å². The van der Waals surface area contributed by atoms with Crippen LogP contribution in [0.1, 0.15) is 41.9 Å². The van der Waals surface area contributed by atoms with Crippen LogP contribution in [-0.2, 0) is 5.54 Å². The van der Waals surface area contributed by atoms with E-state index in [9.17, 15) is 4.79 Å². The van der Waals surface area contributed by atoms with Gasteiger partial charge in [-0.3, -0.25) is 4.79 Å². The molecule has 3 N–H and O–H groups in total. The zero-order valence-electron chi connectivity index (χ0n) is 15.0. The molecule has 1 aliphatic rings. The van der Waals surface area contributed by atoms with Crippen molar-refractivity contribution in [3.63, 3.8) is 0 Å². The number of carbonyl (C=O) groups excluding carboxylic acids is 1. The number of nitrogens with two attached hydrogens (primary N) is 1. The number of nitrogens with zero attached hydrogens (tertiary/aromatic N) is 2. The van der Waals surface area contributed by atoms with Crippen LogP contribution in [0.15, 0.2) is 53.1 Å². The summed E-state index contributed by atoms with van der Waals surface area (Å²) in [5.41, 5.74) is 7.64. The summed E-state index contributed by atoms with van der Waals surface area (Å²) in [7, 11) is 0. The third-order valence-electron chi connectivity index (χ3n) is 4.88. The van der Waals surface area contributed by atoms with E-state index in [1.54, 1.807) is 30.3 Å². The third-order valence-corrected chi connectivity index (χ3v) is 5.13. The molecular weight excluding hydrogens is 399 g/mol. The quantitative estimate of drug-likeness (QED) is 0.634. The Morgan fingerprint density at radius 1 is 1.11 bits per heavy atom. The number of halogens is 2. The van der Waals surface area contributed by atoms with Crippen LogP contribution in [0.25, 0.3) is 11.5 Å². The molecule has 0 saturated heterocycles. The highest BCUT2D eigenvalue weighted by molar-refractivity contribution is 6.30. The minimum atomic E-state index is -0.525. The molecule has 0 unspecified atom stereocenters. The van der Waals surface area contributed by atoms with Gasteiger partial charge in [0.2, 0.25) is 0 Å². The Hall–Kier alpha value is -2.41. The molecule has 6 nitrogen and oxygen atoms in total. The van der Waals surface area contributed by atoms with Gasteiger partial charge in [-0.05, 0) is 49.2 Å². The molecular formula is C20H20Cl2N4O2. The van der Waals surface area contributed by atoms with Crippen LogP contribution in [0.5, 0.6) is 0 Å². The molecule has 8 heteroatoms. The van der Waals surface area contributed by atoms with Gasteiger partial charge in [-0.1, -0.05) is 41.7 Å². The molecule has 1 saturated carbocycles. The average Bonchev–Trinajstić information content (AvgIpc) is 3.33. The maximum absolute atomic E-state index is 12.5. The molecule has 2 aromatic carbocycles. The Morgan fingerprint density at radius 2 is 1.79 bits per heavy atom. The number of para-hydroxylation sites is 1. The van der Waals surface area contributed by atoms with Crippen molar-refractivity contribution in [1.29, 1.82) is 0 Å². The number of rotatable bonds is 4. The summed E-state index contributed by atoms with van der Waals surface area (Å²) in [6, 6.07) is 14.0. The predicted octanol–water partition coefficient (Wildman–Crippen LogP) is 4.79. The first-order valence-electron chi connectivity index (χ1n) is 8.85. The van der Waals surface area contributed by atoms with Gasteiger partial charge in [0.15, 0.2) is 5.82 Å². The monoisotopic (exact) mass is 418 g/mol. The summed E-state index contributed by atoms with van der Waals surface area (Å²) < 4.78 is 5.46. The first kappa shape index (κ1) is 20.3. The van der Waals surface area contributed by atoms with Gasteiger partial charge in [0.1, 0.15) is 0 Å². The Morgan fingerprint density at radius 3 is 2.50 bits per heavy atom. The zero-order chi connectivity index (χ0) is 18.9. The maximum atomic E-state index is 12.5. The maximum Gasteiger partial charge on any atom is 0.260 e. The van der Waals surface area contributed by atoms with Crippen molar-refractivity contribution in [3.05, 3.63) is 64.9 Å². The highest BCUT2D eigenvalue weighted by Gasteiger charge is 2.36. The summed E-state index contributed by atoms with van der Waals surface area (Å²) in [6.45, 7) is 0. The number of carbonyl (C=O) groups is 1. The lowest BCUT2D eigenvalue weighted by Gasteiger charge is -2.17. The molecule has 4 rings (SSSR count). The zero-order valence-corrected chi connectivity index (χ0v) is 16.6. The van der Waals surface area contributed by atoms with E-state index in [-0.39, 0.29) is 18.3 Å². The minimum absolute atomic E-state index is 0. The Bertz CT molecular complexity index is 966. The van der Waals surface area contributed by atoms with E-state index in [0.29, 0.717) is 33.6 Å². The Labute approximate surface area is 173 Å². The fraction of sp³-hybridized carbons (Fsp3) is 0.250. The SMILES string of the molecule is Cl.NC1(c2noc(-c3ccccc3NC(=O)c3ccc(Cl)cc3)n2)CCCC1. The molecule has 1 heterocycles. The summed E-state index contributed by atoms with van der Waals surface area (Å²) in [4.78, 5) is 17.0. The first-order valence-corrected chi connectivity index (χ1v) is 9.22. The van der Waals surface area contributed by atoms with Crippen LogP contribution in [0.3, 0.4) is 0 Å². The summed E-state index contributed by atoms with van der Waals surface area (Å²) in [6.07, 6.45) is 3.82. The van der Waals surface area contributed by atoms with Crippen LogP contribution in [0.4, 0.5) is 5.69 Å². The van der Waals surface area contributed by atoms with E-state index in [0.717, 1.165) is 25.7 Å². The second-order valence-corrected chi connectivity index (χ2v) is 7.23. The van der Waals surface area contributed by atoms with E-state index in [1.165, 1.54) is 0 Å². The van der Waals surface area contributed by atoms with Crippen molar-refractivity contribution >= 4 is 35.6 Å². The number of amides is 1. The average molecular weight is 419 g/mol. The van der Waals surface area contributed by atoms with Crippen LogP contribution in [0, 0.1) is 0 Å². The highest BCUT2D eigenvalue weighted by atomic mass is 35.5. The second-order valence-electron chi connectivity index (χ2n) is 6.79. The Kier molecular flexibility index (Phi) is 6.03. The number of nitrogens with one attached hydrogen (secondary N) is 1. The van der Waals surface area contributed by atoms with E-state index in [4.69, 9.17) is 21.9 Å². The Balaban J connectivity index is 0.00000225. The summed E-state index contributed by atoms with van der Waals surface area (Å²) in [5.74, 6) is 0.618. The molecule has 0 radical (unpaired) electrons. The van der Waals surface area contributed by atoms with Crippen molar-refractivity contribution in [1.82, 2.24) is 10.1 Å². The second kappa shape index (κ2) is 8.31. The molecule has 0 bridgehead atoms. The van der Waals surface area contributed by atoms with Crippen LogP contribution >= 0.6 is 24.0 Å². The summed E-state index contributed by atoms with van der Waals surface area (Å²) >= 11 is 5.88. The molecule has 0 aliphatic heterocycles. The van der Waals surface area contributed by atoms with Gasteiger partial charge in [-0.15, -0.1) is 12.4 Å². The number of hydrogen-bond acceptors (Lipinski definition) is 5. The largest absolute Gasteiger partial charge is 0.334 e. The number of hydrogen-bond donors (Lipinski definition) is 2. The summed E-state index contributed by atoms with van der Waals surface area (Å²) in [5, 5.41) is 7.56. The molecule has 146 valence electrons. The van der Waals surface area contributed by atoms with Crippen molar-refractivity contribution in [2.45, 2.75) is 31.2 Å². The number of anilines is 1. The normalized spacial score (nSPS) is 15.1. The van der Waals surface area contributed by atoms with E-state index in [1.807, 2.05) is 18.2 Å². The van der Waals surface area contributed by atoms with Crippen LogP contribution in [-0.4, -0.2) is 16.0 Å². The van der Waals surface area contributed by atoms with Gasteiger partial charge < -0.3 is 15.6 Å². The van der Waals surface area contributed by atoms with Crippen molar-refractivity contribution < 1.29 is 9.32 Å². The fourth-order valence-electron chi connectivity index (χ4n) is 3.34. The number of aromatic nitrogens is 2. The standard InChI is InChI=1S/C20H19ClN4O2.ClH/c21-14-9-7-13(8-10-14)17(26)23-16-6-2-1-5-15(16)18-24-19(25-27-18)20(22)11-3-4-12-20;/h1-2,5-10H,3-4,11-12,22H2,(H,23,26);1H. The molecule has 0 atom stereocenters. The molecule has 1 aromatic heterocycles. The van der Waals surface area contributed by atoms with Gasteiger partial charge in [0, 0.05) is 10.6 Å². The van der Waals surface area contributed by atoms with Gasteiger partial charge in [-0.2, -0.15) is 4.98 Å². The minimum Gasteiger partial charge on any atom is -0.334 e. The van der Waals surface area contributed by atoms with Crippen LogP contribution < -0.4 is 11.1 Å². The van der Waals surface area contributed by atoms with Gasteiger partial charge in [-0.25, -0.2) is 0 Å². The molecule has 1 fully saturated rings. The lowest BCUT2D eigenvalue weighted by molar-refractivity contribution is 0.102. The third kappa shape index (κ3) is 4.04. The molecule has 28 heavy (non-hydrogen) atoms. The topological polar surface area (TPSA) is 94.0 Å². The molecule has 0 spiro atoms. The van der Waals surface area contributed by atoms with Gasteiger partial charge >= 0.3 is 0 Å². The lowest BCUT2D eigenvalue weighted by Crippen LogP contribution is -2.34. The van der Waals surface area contributed by atoms with Crippen LogP contribution in [0.2, 0.25) is 5.02 Å². The van der Waals surface area contributed by atoms with E-state index < -0.39 is 5.54 Å². The van der Waals surface area contributed by atoms with Crippen molar-refractivity contribution in [2.75, 3.05) is 5.32 Å². The van der Waals surface area contributed by atoms with Gasteiger partial charge in [0.05, 0.1) is 16.8 Å². The van der Waals surface area contributed by atoms with E-state index in [2.05, 4.69) is 15.5 Å². The van der Waals surface area contributed by atoms with E-state index >= 15 is 0 Å². The van der Waals surface area contributed by atoms with Crippen molar-refractivity contribution in [3.8, 4) is 11.5 Å². The smallest absolute Gasteiger partial charge is 0.260 e. The molecule has 1 amide bonds. The highest BCUT2D eigenvalue weighted by Crippen LogP contribution is 2.36. The number of benzene rings is 2. The first-order chi connectivity index (χ1) is 13.0. The lowest BCUT2D eigenvalue weighted by atomic mass is 9.98.